The molecule has 2 aliphatic heterocycles. The second-order valence-corrected chi connectivity index (χ2v) is 7.85. The quantitative estimate of drug-likeness (QED) is 0.712. The van der Waals surface area contributed by atoms with Crippen LogP contribution in [0.15, 0.2) is 18.2 Å². The molecule has 1 atom stereocenters. The van der Waals surface area contributed by atoms with Crippen LogP contribution in [0.1, 0.15) is 56.8 Å². The van der Waals surface area contributed by atoms with Crippen molar-refractivity contribution in [3.05, 3.63) is 29.6 Å². The van der Waals surface area contributed by atoms with Crippen molar-refractivity contribution in [1.29, 1.82) is 0 Å². The van der Waals surface area contributed by atoms with Crippen molar-refractivity contribution >= 4 is 11.9 Å². The Hall–Kier alpha value is -2.11. The normalized spacial score (nSPS) is 23.7. The number of ether oxygens (including phenoxy) is 2. The number of hydrogen-bond donors (Lipinski definition) is 0. The van der Waals surface area contributed by atoms with Crippen LogP contribution in [0.3, 0.4) is 0 Å². The van der Waals surface area contributed by atoms with Crippen molar-refractivity contribution in [3.8, 4) is 5.75 Å². The van der Waals surface area contributed by atoms with Crippen molar-refractivity contribution in [2.75, 3.05) is 13.1 Å². The van der Waals surface area contributed by atoms with Gasteiger partial charge in [0.15, 0.2) is 5.78 Å². The number of carbonyl (C=O) groups excluding carboxylic acids is 2. The lowest BCUT2D eigenvalue weighted by Gasteiger charge is -2.37. The van der Waals surface area contributed by atoms with E-state index in [-0.39, 0.29) is 18.3 Å². The van der Waals surface area contributed by atoms with Gasteiger partial charge in [0.25, 0.3) is 0 Å². The summed E-state index contributed by atoms with van der Waals surface area (Å²) >= 11 is 0. The van der Waals surface area contributed by atoms with Crippen LogP contribution >= 0.6 is 0 Å². The zero-order chi connectivity index (χ0) is 18.2. The molecular weight excluding hydrogens is 325 g/mol. The first-order valence-electron chi connectivity index (χ1n) is 8.67. The van der Waals surface area contributed by atoms with Crippen LogP contribution < -0.4 is 4.74 Å². The van der Waals surface area contributed by atoms with Gasteiger partial charge in [-0.05, 0) is 51.8 Å². The highest BCUT2D eigenvalue weighted by atomic mass is 19.1. The van der Waals surface area contributed by atoms with Gasteiger partial charge in [0.2, 0.25) is 0 Å². The van der Waals surface area contributed by atoms with Crippen LogP contribution in [0.4, 0.5) is 9.18 Å². The number of likely N-dealkylation sites (tertiary alicyclic amines) is 1. The third kappa shape index (κ3) is 3.94. The molecule has 0 N–H and O–H groups in total. The lowest BCUT2D eigenvalue weighted by molar-refractivity contribution is 0.0188. The third-order valence-corrected chi connectivity index (χ3v) is 4.60. The van der Waals surface area contributed by atoms with E-state index in [2.05, 4.69) is 0 Å². The molecule has 5 nitrogen and oxygen atoms in total. The Bertz CT molecular complexity index is 697. The SMILES string of the molecule is CC(C)(C)OC(=O)N1CCCC2(CC1)CC(=O)c1cc(F)ccc1O2. The van der Waals surface area contributed by atoms with Crippen LogP contribution in [-0.4, -0.2) is 41.1 Å². The first kappa shape index (κ1) is 17.7. The van der Waals surface area contributed by atoms with E-state index in [1.54, 1.807) is 4.90 Å². The van der Waals surface area contributed by atoms with E-state index >= 15 is 0 Å². The lowest BCUT2D eigenvalue weighted by atomic mass is 9.84. The maximum absolute atomic E-state index is 13.4. The van der Waals surface area contributed by atoms with E-state index in [0.717, 1.165) is 6.42 Å². The third-order valence-electron chi connectivity index (χ3n) is 4.60. The standard InChI is InChI=1S/C19H24FNO4/c1-18(2,3)25-17(23)21-9-4-7-19(8-10-21)12-15(22)14-11-13(20)5-6-16(14)24-19/h5-6,11H,4,7-10,12H2,1-3H3. The van der Waals surface area contributed by atoms with Gasteiger partial charge in [0.1, 0.15) is 22.8 Å². The Kier molecular flexibility index (Phi) is 4.47. The fraction of sp³-hybridized carbons (Fsp3) is 0.579. The molecule has 1 aromatic rings. The molecule has 1 spiro atoms. The van der Waals surface area contributed by atoms with Gasteiger partial charge >= 0.3 is 6.09 Å². The number of halogens is 1. The topological polar surface area (TPSA) is 55.8 Å². The minimum Gasteiger partial charge on any atom is -0.486 e. The second kappa shape index (κ2) is 6.32. The molecule has 0 saturated carbocycles. The molecule has 1 saturated heterocycles. The summed E-state index contributed by atoms with van der Waals surface area (Å²) in [6.45, 7) is 6.55. The van der Waals surface area contributed by atoms with Gasteiger partial charge in [0, 0.05) is 19.5 Å². The summed E-state index contributed by atoms with van der Waals surface area (Å²) in [5.74, 6) is -0.113. The number of rotatable bonds is 0. The summed E-state index contributed by atoms with van der Waals surface area (Å²) in [4.78, 5) is 26.4. The molecule has 1 aromatic carbocycles. The fourth-order valence-corrected chi connectivity index (χ4v) is 3.42. The number of fused-ring (bicyclic) bond motifs is 1. The Morgan fingerprint density at radius 1 is 1.28 bits per heavy atom. The highest BCUT2D eigenvalue weighted by Gasteiger charge is 2.42. The van der Waals surface area contributed by atoms with Gasteiger partial charge in [-0.15, -0.1) is 0 Å². The maximum Gasteiger partial charge on any atom is 0.410 e. The lowest BCUT2D eigenvalue weighted by Crippen LogP contribution is -2.43. The van der Waals surface area contributed by atoms with Crippen molar-refractivity contribution < 1.29 is 23.5 Å². The predicted octanol–water partition coefficient (Wildman–Crippen LogP) is 3.95. The average molecular weight is 349 g/mol. The number of benzene rings is 1. The zero-order valence-electron chi connectivity index (χ0n) is 14.9. The van der Waals surface area contributed by atoms with E-state index in [0.29, 0.717) is 37.2 Å². The summed E-state index contributed by atoms with van der Waals surface area (Å²) in [6, 6.07) is 4.04. The van der Waals surface area contributed by atoms with E-state index in [4.69, 9.17) is 9.47 Å². The fourth-order valence-electron chi connectivity index (χ4n) is 3.42. The predicted molar refractivity (Wildman–Crippen MR) is 90.4 cm³/mol. The van der Waals surface area contributed by atoms with Crippen LogP contribution in [0.2, 0.25) is 0 Å². The van der Waals surface area contributed by atoms with Crippen molar-refractivity contribution in [1.82, 2.24) is 4.90 Å². The first-order valence-corrected chi connectivity index (χ1v) is 8.67. The molecule has 1 unspecified atom stereocenters. The molecule has 0 radical (unpaired) electrons. The highest BCUT2D eigenvalue weighted by Crippen LogP contribution is 2.39. The Labute approximate surface area is 147 Å². The molecular formula is C19H24FNO4. The molecule has 0 aliphatic carbocycles. The molecule has 2 aliphatic rings. The number of ketones is 1. The zero-order valence-corrected chi connectivity index (χ0v) is 14.9. The van der Waals surface area contributed by atoms with Crippen LogP contribution in [0, 0.1) is 5.82 Å². The first-order chi connectivity index (χ1) is 11.7. The van der Waals surface area contributed by atoms with Gasteiger partial charge in [0.05, 0.1) is 12.0 Å². The minimum absolute atomic E-state index is 0.105. The van der Waals surface area contributed by atoms with E-state index < -0.39 is 17.0 Å². The summed E-state index contributed by atoms with van der Waals surface area (Å²) in [5.41, 5.74) is -0.862. The number of amides is 1. The number of nitrogens with zero attached hydrogens (tertiary/aromatic N) is 1. The second-order valence-electron chi connectivity index (χ2n) is 7.85. The minimum atomic E-state index is -0.626. The van der Waals surface area contributed by atoms with E-state index in [1.165, 1.54) is 18.2 Å². The number of carbonyl (C=O) groups is 2. The summed E-state index contributed by atoms with van der Waals surface area (Å²) in [7, 11) is 0. The Balaban J connectivity index is 1.74. The summed E-state index contributed by atoms with van der Waals surface area (Å²) in [6.07, 6.45) is 1.83. The smallest absolute Gasteiger partial charge is 0.410 e. The summed E-state index contributed by atoms with van der Waals surface area (Å²) < 4.78 is 24.9. The molecule has 25 heavy (non-hydrogen) atoms. The molecule has 136 valence electrons. The van der Waals surface area contributed by atoms with Crippen molar-refractivity contribution in [3.63, 3.8) is 0 Å². The Morgan fingerprint density at radius 2 is 2.04 bits per heavy atom. The van der Waals surface area contributed by atoms with Crippen LogP contribution in [0.5, 0.6) is 5.75 Å². The largest absolute Gasteiger partial charge is 0.486 e. The molecule has 3 rings (SSSR count). The number of hydrogen-bond acceptors (Lipinski definition) is 4. The molecule has 1 fully saturated rings. The molecule has 2 heterocycles. The van der Waals surface area contributed by atoms with Gasteiger partial charge in [-0.1, -0.05) is 0 Å². The van der Waals surface area contributed by atoms with E-state index in [9.17, 15) is 14.0 Å². The molecule has 1 amide bonds. The van der Waals surface area contributed by atoms with Crippen molar-refractivity contribution in [2.24, 2.45) is 0 Å². The van der Waals surface area contributed by atoms with Gasteiger partial charge in [-0.2, -0.15) is 0 Å². The number of Topliss-reactive ketones (excluding diaryl/α,β-unsaturated/α-hetero) is 1. The van der Waals surface area contributed by atoms with Gasteiger partial charge < -0.3 is 14.4 Å². The molecule has 6 heteroatoms. The molecule has 0 aromatic heterocycles. The maximum atomic E-state index is 13.4. The van der Waals surface area contributed by atoms with Gasteiger partial charge in [-0.25, -0.2) is 9.18 Å². The Morgan fingerprint density at radius 3 is 2.76 bits per heavy atom. The van der Waals surface area contributed by atoms with Crippen LogP contribution in [-0.2, 0) is 4.74 Å². The monoisotopic (exact) mass is 349 g/mol. The van der Waals surface area contributed by atoms with Crippen LogP contribution in [0.25, 0.3) is 0 Å². The van der Waals surface area contributed by atoms with Crippen molar-refractivity contribution in [2.45, 2.75) is 57.7 Å². The molecule has 0 bridgehead atoms. The van der Waals surface area contributed by atoms with Gasteiger partial charge in [-0.3, -0.25) is 4.79 Å². The van der Waals surface area contributed by atoms with E-state index in [1.807, 2.05) is 20.8 Å². The highest BCUT2D eigenvalue weighted by molar-refractivity contribution is 6.00. The summed E-state index contributed by atoms with van der Waals surface area (Å²) in [5, 5.41) is 0. The average Bonchev–Trinajstić information content (AvgIpc) is 2.69.